The normalized spacial score (nSPS) is 11.1. The Morgan fingerprint density at radius 1 is 0.577 bits per heavy atom. The highest BCUT2D eigenvalue weighted by molar-refractivity contribution is 6.13. The molecule has 1 N–H and O–H groups in total. The lowest BCUT2D eigenvalue weighted by Gasteiger charge is -2.07. The predicted molar refractivity (Wildman–Crippen MR) is 109 cm³/mol. The minimum atomic E-state index is 0.905. The van der Waals surface area contributed by atoms with Gasteiger partial charge in [0.1, 0.15) is 11.2 Å². The summed E-state index contributed by atoms with van der Waals surface area (Å²) in [6.45, 7) is 0. The van der Waals surface area contributed by atoms with Crippen LogP contribution in [0, 0.1) is 0 Å². The first-order valence-electron chi connectivity index (χ1n) is 8.71. The first-order valence-corrected chi connectivity index (χ1v) is 8.71. The molecule has 0 atom stereocenters. The van der Waals surface area contributed by atoms with Crippen molar-refractivity contribution < 1.29 is 4.42 Å². The van der Waals surface area contributed by atoms with Gasteiger partial charge in [-0.3, -0.25) is 0 Å². The fourth-order valence-corrected chi connectivity index (χ4v) is 3.45. The molecule has 0 radical (unpaired) electrons. The maximum Gasteiger partial charge on any atom is 0.136 e. The Hall–Kier alpha value is -3.52. The average Bonchev–Trinajstić information content (AvgIpc) is 3.07. The van der Waals surface area contributed by atoms with Crippen LogP contribution in [0.15, 0.2) is 101 Å². The van der Waals surface area contributed by atoms with Crippen LogP contribution in [0.4, 0.5) is 11.4 Å². The van der Waals surface area contributed by atoms with Crippen molar-refractivity contribution in [3.63, 3.8) is 0 Å². The maximum atomic E-state index is 6.09. The van der Waals surface area contributed by atoms with Gasteiger partial charge in [0.25, 0.3) is 0 Å². The molecule has 2 nitrogen and oxygen atoms in total. The Labute approximate surface area is 151 Å². The van der Waals surface area contributed by atoms with Crippen LogP contribution in [0.3, 0.4) is 0 Å². The Balaban J connectivity index is 1.71. The highest BCUT2D eigenvalue weighted by Crippen LogP contribution is 2.37. The van der Waals surface area contributed by atoms with E-state index in [1.165, 1.54) is 11.1 Å². The van der Waals surface area contributed by atoms with Crippen molar-refractivity contribution in [3.8, 4) is 11.1 Å². The van der Waals surface area contributed by atoms with Crippen molar-refractivity contribution in [2.45, 2.75) is 0 Å². The quantitative estimate of drug-likeness (QED) is 0.384. The molecule has 0 fully saturated rings. The number of fused-ring (bicyclic) bond motifs is 3. The topological polar surface area (TPSA) is 25.2 Å². The van der Waals surface area contributed by atoms with Crippen LogP contribution in [0.25, 0.3) is 33.1 Å². The van der Waals surface area contributed by atoms with Crippen molar-refractivity contribution >= 4 is 33.3 Å². The fraction of sp³-hybridized carbons (Fsp3) is 0. The van der Waals surface area contributed by atoms with Crippen LogP contribution in [-0.2, 0) is 0 Å². The van der Waals surface area contributed by atoms with E-state index in [4.69, 9.17) is 4.42 Å². The van der Waals surface area contributed by atoms with Gasteiger partial charge < -0.3 is 9.73 Å². The van der Waals surface area contributed by atoms with Crippen molar-refractivity contribution in [2.24, 2.45) is 0 Å². The zero-order valence-corrected chi connectivity index (χ0v) is 14.1. The van der Waals surface area contributed by atoms with Gasteiger partial charge in [-0.05, 0) is 47.5 Å². The van der Waals surface area contributed by atoms with Gasteiger partial charge >= 0.3 is 0 Å². The van der Waals surface area contributed by atoms with E-state index in [1.807, 2.05) is 36.4 Å². The summed E-state index contributed by atoms with van der Waals surface area (Å²) in [5.41, 5.74) is 6.33. The second-order valence-corrected chi connectivity index (χ2v) is 6.35. The summed E-state index contributed by atoms with van der Waals surface area (Å²) in [6, 6.07) is 33.2. The molecule has 0 amide bonds. The van der Waals surface area contributed by atoms with Gasteiger partial charge in [-0.25, -0.2) is 0 Å². The van der Waals surface area contributed by atoms with Crippen molar-refractivity contribution in [2.75, 3.05) is 5.32 Å². The smallest absolute Gasteiger partial charge is 0.136 e. The molecule has 0 unspecified atom stereocenters. The summed E-state index contributed by atoms with van der Waals surface area (Å²) in [6.07, 6.45) is 0. The van der Waals surface area contributed by atoms with E-state index >= 15 is 0 Å². The lowest BCUT2D eigenvalue weighted by Crippen LogP contribution is -1.89. The number of hydrogen-bond acceptors (Lipinski definition) is 2. The van der Waals surface area contributed by atoms with Crippen LogP contribution in [0.5, 0.6) is 0 Å². The predicted octanol–water partition coefficient (Wildman–Crippen LogP) is 7.00. The molecule has 5 rings (SSSR count). The van der Waals surface area contributed by atoms with E-state index in [1.54, 1.807) is 0 Å². The number of furan rings is 1. The van der Waals surface area contributed by atoms with Crippen LogP contribution in [0.2, 0.25) is 0 Å². The third-order valence-corrected chi connectivity index (χ3v) is 4.64. The second kappa shape index (κ2) is 6.08. The Kier molecular flexibility index (Phi) is 3.46. The number of hydrogen-bond donors (Lipinski definition) is 1. The molecule has 0 aliphatic carbocycles. The summed E-state index contributed by atoms with van der Waals surface area (Å²) >= 11 is 0. The largest absolute Gasteiger partial charge is 0.456 e. The molecule has 1 heterocycles. The van der Waals surface area contributed by atoms with Gasteiger partial charge in [0.15, 0.2) is 0 Å². The van der Waals surface area contributed by atoms with Gasteiger partial charge in [0.05, 0.1) is 0 Å². The molecule has 0 spiro atoms. The summed E-state index contributed by atoms with van der Waals surface area (Å²) in [4.78, 5) is 0. The van der Waals surface area contributed by atoms with E-state index in [0.717, 1.165) is 33.3 Å². The molecule has 4 aromatic carbocycles. The van der Waals surface area contributed by atoms with Crippen LogP contribution in [0.1, 0.15) is 0 Å². The number of benzene rings is 4. The number of para-hydroxylation sites is 1. The van der Waals surface area contributed by atoms with Crippen molar-refractivity contribution in [1.82, 2.24) is 0 Å². The van der Waals surface area contributed by atoms with Crippen LogP contribution >= 0.6 is 0 Å². The first-order chi connectivity index (χ1) is 12.9. The van der Waals surface area contributed by atoms with Gasteiger partial charge in [-0.1, -0.05) is 60.7 Å². The lowest BCUT2D eigenvalue weighted by atomic mass is 9.99. The third-order valence-electron chi connectivity index (χ3n) is 4.64. The molecule has 124 valence electrons. The molecule has 5 aromatic rings. The maximum absolute atomic E-state index is 6.09. The number of rotatable bonds is 3. The summed E-state index contributed by atoms with van der Waals surface area (Å²) < 4.78 is 6.09. The Morgan fingerprint density at radius 3 is 2.15 bits per heavy atom. The van der Waals surface area contributed by atoms with E-state index in [-0.39, 0.29) is 0 Å². The first kappa shape index (κ1) is 14.8. The second-order valence-electron chi connectivity index (χ2n) is 6.35. The molecular weight excluding hydrogens is 318 g/mol. The molecule has 1 aromatic heterocycles. The zero-order chi connectivity index (χ0) is 17.3. The van der Waals surface area contributed by atoms with Crippen molar-refractivity contribution in [3.05, 3.63) is 97.1 Å². The van der Waals surface area contributed by atoms with Gasteiger partial charge in [-0.2, -0.15) is 0 Å². The Bertz CT molecular complexity index is 1190. The molecular formula is C24H17NO. The molecule has 0 saturated carbocycles. The lowest BCUT2D eigenvalue weighted by molar-refractivity contribution is 0.669. The number of anilines is 2. The van der Waals surface area contributed by atoms with E-state index in [2.05, 4.69) is 66.0 Å². The summed E-state index contributed by atoms with van der Waals surface area (Å²) in [7, 11) is 0. The Morgan fingerprint density at radius 2 is 1.35 bits per heavy atom. The summed E-state index contributed by atoms with van der Waals surface area (Å²) in [5, 5.41) is 5.75. The molecule has 0 bridgehead atoms. The van der Waals surface area contributed by atoms with Gasteiger partial charge in [-0.15, -0.1) is 0 Å². The van der Waals surface area contributed by atoms with E-state index in [9.17, 15) is 0 Å². The standard InChI is InChI=1S/C24H17NO/c1-3-8-17(9-4-1)20-12-7-13-23-24(20)21-16-19(14-15-22(21)26-23)25-18-10-5-2-6-11-18/h1-16,25H. The SMILES string of the molecule is c1ccc(Nc2ccc3oc4cccc(-c5ccccc5)c4c3c2)cc1. The van der Waals surface area contributed by atoms with E-state index < -0.39 is 0 Å². The summed E-state index contributed by atoms with van der Waals surface area (Å²) in [5.74, 6) is 0. The van der Waals surface area contributed by atoms with Crippen molar-refractivity contribution in [1.29, 1.82) is 0 Å². The molecule has 0 saturated heterocycles. The molecule has 26 heavy (non-hydrogen) atoms. The average molecular weight is 335 g/mol. The molecule has 0 aliphatic heterocycles. The highest BCUT2D eigenvalue weighted by Gasteiger charge is 2.12. The molecule has 2 heteroatoms. The highest BCUT2D eigenvalue weighted by atomic mass is 16.3. The van der Waals surface area contributed by atoms with E-state index in [0.29, 0.717) is 0 Å². The third kappa shape index (κ3) is 2.52. The monoisotopic (exact) mass is 335 g/mol. The zero-order valence-electron chi connectivity index (χ0n) is 14.1. The minimum absolute atomic E-state index is 0.905. The fourth-order valence-electron chi connectivity index (χ4n) is 3.45. The van der Waals surface area contributed by atoms with Gasteiger partial charge in [0.2, 0.25) is 0 Å². The minimum Gasteiger partial charge on any atom is -0.456 e. The molecule has 0 aliphatic rings. The number of nitrogens with one attached hydrogen (secondary N) is 1. The van der Waals surface area contributed by atoms with Crippen LogP contribution < -0.4 is 5.32 Å². The van der Waals surface area contributed by atoms with Gasteiger partial charge in [0, 0.05) is 22.1 Å². The van der Waals surface area contributed by atoms with Crippen LogP contribution in [-0.4, -0.2) is 0 Å².